The predicted molar refractivity (Wildman–Crippen MR) is 60.2 cm³/mol. The number of aliphatic hydroxyl groups is 1. The molecule has 0 aromatic heterocycles. The monoisotopic (exact) mass is 274 g/mol. The van der Waals surface area contributed by atoms with Gasteiger partial charge in [0.05, 0.1) is 6.61 Å². The van der Waals surface area contributed by atoms with Crippen LogP contribution in [-0.4, -0.2) is 34.9 Å². The first-order valence-corrected chi connectivity index (χ1v) is 5.26. The van der Waals surface area contributed by atoms with Gasteiger partial charge in [-0.2, -0.15) is 0 Å². The Kier molecular flexibility index (Phi) is 5.19. The molecule has 1 rings (SSSR count). The molecule has 0 bridgehead atoms. The molecular weight excluding hydrogens is 262 g/mol. The minimum Gasteiger partial charge on any atom is -0.480 e. The number of carboxylic acids is 1. The van der Waals surface area contributed by atoms with Crippen LogP contribution in [0.15, 0.2) is 18.2 Å². The van der Waals surface area contributed by atoms with E-state index in [4.69, 9.17) is 10.2 Å². The van der Waals surface area contributed by atoms with E-state index in [0.717, 1.165) is 18.2 Å². The standard InChI is InChI=1S/C11H12F2N2O4/c12-7-1-2-8(13)6(3-7)4-14-11(19)15-9(5-16)10(17)18/h1-3,9,16H,4-5H2,(H,17,18)(H2,14,15,19)/t9-/m0/s1. The minimum atomic E-state index is -1.46. The predicted octanol–water partition coefficient (Wildman–Crippen LogP) is 0.210. The van der Waals surface area contributed by atoms with Crippen molar-refractivity contribution < 1.29 is 28.6 Å². The van der Waals surface area contributed by atoms with E-state index in [1.165, 1.54) is 0 Å². The second kappa shape index (κ2) is 6.64. The second-order valence-electron chi connectivity index (χ2n) is 3.64. The summed E-state index contributed by atoms with van der Waals surface area (Å²) >= 11 is 0. The third-order valence-corrected chi connectivity index (χ3v) is 2.23. The number of nitrogens with one attached hydrogen (secondary N) is 2. The molecule has 0 saturated heterocycles. The van der Waals surface area contributed by atoms with E-state index in [9.17, 15) is 18.4 Å². The van der Waals surface area contributed by atoms with Crippen molar-refractivity contribution >= 4 is 12.0 Å². The summed E-state index contributed by atoms with van der Waals surface area (Å²) in [5.74, 6) is -2.76. The Morgan fingerprint density at radius 2 is 2.00 bits per heavy atom. The van der Waals surface area contributed by atoms with Gasteiger partial charge < -0.3 is 20.8 Å². The first-order valence-electron chi connectivity index (χ1n) is 5.26. The summed E-state index contributed by atoms with van der Waals surface area (Å²) in [6.45, 7) is -1.09. The van der Waals surface area contributed by atoms with Gasteiger partial charge in [-0.3, -0.25) is 0 Å². The number of carboxylic acid groups (broad SMARTS) is 1. The van der Waals surface area contributed by atoms with Gasteiger partial charge in [-0.15, -0.1) is 0 Å². The molecule has 1 aromatic carbocycles. The molecule has 4 N–H and O–H groups in total. The molecule has 0 spiro atoms. The molecule has 0 aliphatic rings. The molecule has 104 valence electrons. The summed E-state index contributed by atoms with van der Waals surface area (Å²) in [6.07, 6.45) is 0. The molecular formula is C11H12F2N2O4. The summed E-state index contributed by atoms with van der Waals surface area (Å²) in [4.78, 5) is 21.8. The highest BCUT2D eigenvalue weighted by Crippen LogP contribution is 2.08. The van der Waals surface area contributed by atoms with Crippen LogP contribution in [0.1, 0.15) is 5.56 Å². The number of carbonyl (C=O) groups excluding carboxylic acids is 1. The van der Waals surface area contributed by atoms with Gasteiger partial charge in [-0.1, -0.05) is 0 Å². The fourth-order valence-electron chi connectivity index (χ4n) is 1.25. The third kappa shape index (κ3) is 4.51. The Morgan fingerprint density at radius 3 is 2.58 bits per heavy atom. The van der Waals surface area contributed by atoms with Crippen molar-refractivity contribution in [1.29, 1.82) is 0 Å². The van der Waals surface area contributed by atoms with Gasteiger partial charge in [0.2, 0.25) is 0 Å². The van der Waals surface area contributed by atoms with Gasteiger partial charge >= 0.3 is 12.0 Å². The summed E-state index contributed by atoms with van der Waals surface area (Å²) in [5.41, 5.74) is -0.0778. The molecule has 6 nitrogen and oxygen atoms in total. The number of urea groups is 1. The van der Waals surface area contributed by atoms with Crippen LogP contribution in [0.25, 0.3) is 0 Å². The molecule has 19 heavy (non-hydrogen) atoms. The zero-order valence-electron chi connectivity index (χ0n) is 9.69. The van der Waals surface area contributed by atoms with Crippen molar-refractivity contribution in [3.05, 3.63) is 35.4 Å². The number of hydrogen-bond acceptors (Lipinski definition) is 3. The van der Waals surface area contributed by atoms with Crippen molar-refractivity contribution in [1.82, 2.24) is 10.6 Å². The van der Waals surface area contributed by atoms with Gasteiger partial charge in [-0.05, 0) is 18.2 Å². The molecule has 0 unspecified atom stereocenters. The topological polar surface area (TPSA) is 98.7 Å². The van der Waals surface area contributed by atoms with E-state index in [1.54, 1.807) is 0 Å². The summed E-state index contributed by atoms with van der Waals surface area (Å²) in [5, 5.41) is 21.4. The summed E-state index contributed by atoms with van der Waals surface area (Å²) < 4.78 is 26.0. The van der Waals surface area contributed by atoms with Crippen LogP contribution in [0.3, 0.4) is 0 Å². The SMILES string of the molecule is O=C(NCc1cc(F)ccc1F)N[C@@H](CO)C(=O)O. The number of halogens is 2. The van der Waals surface area contributed by atoms with E-state index < -0.39 is 36.3 Å². The van der Waals surface area contributed by atoms with Crippen molar-refractivity contribution in [3.8, 4) is 0 Å². The van der Waals surface area contributed by atoms with Crippen LogP contribution in [-0.2, 0) is 11.3 Å². The molecule has 0 radical (unpaired) electrons. The number of hydrogen-bond donors (Lipinski definition) is 4. The average molecular weight is 274 g/mol. The molecule has 0 heterocycles. The smallest absolute Gasteiger partial charge is 0.328 e. The minimum absolute atomic E-state index is 0.0778. The van der Waals surface area contributed by atoms with Gasteiger partial charge in [-0.25, -0.2) is 18.4 Å². The highest BCUT2D eigenvalue weighted by Gasteiger charge is 2.18. The third-order valence-electron chi connectivity index (χ3n) is 2.23. The van der Waals surface area contributed by atoms with Crippen LogP contribution in [0.5, 0.6) is 0 Å². The highest BCUT2D eigenvalue weighted by atomic mass is 19.1. The van der Waals surface area contributed by atoms with Gasteiger partial charge in [0.25, 0.3) is 0 Å². The summed E-state index contributed by atoms with van der Waals surface area (Å²) in [7, 11) is 0. The Labute approximate surface area is 107 Å². The average Bonchev–Trinajstić information content (AvgIpc) is 2.36. The molecule has 2 amide bonds. The number of amides is 2. The number of aliphatic hydroxyl groups excluding tert-OH is 1. The summed E-state index contributed by atoms with van der Waals surface area (Å²) in [6, 6.07) is 0.391. The lowest BCUT2D eigenvalue weighted by molar-refractivity contribution is -0.140. The zero-order valence-corrected chi connectivity index (χ0v) is 9.69. The Balaban J connectivity index is 2.54. The molecule has 0 aliphatic carbocycles. The van der Waals surface area contributed by atoms with Crippen LogP contribution in [0.4, 0.5) is 13.6 Å². The lowest BCUT2D eigenvalue weighted by atomic mass is 10.2. The number of carbonyl (C=O) groups is 2. The molecule has 0 aliphatic heterocycles. The lowest BCUT2D eigenvalue weighted by Crippen LogP contribution is -2.47. The highest BCUT2D eigenvalue weighted by molar-refractivity contribution is 5.82. The molecule has 1 atom stereocenters. The normalized spacial score (nSPS) is 11.7. The Bertz CT molecular complexity index is 482. The van der Waals surface area contributed by atoms with Crippen LogP contribution < -0.4 is 10.6 Å². The van der Waals surface area contributed by atoms with Crippen LogP contribution in [0, 0.1) is 11.6 Å². The van der Waals surface area contributed by atoms with Crippen molar-refractivity contribution in [2.45, 2.75) is 12.6 Å². The maximum absolute atomic E-state index is 13.2. The second-order valence-corrected chi connectivity index (χ2v) is 3.64. The maximum Gasteiger partial charge on any atom is 0.328 e. The Morgan fingerprint density at radius 1 is 1.32 bits per heavy atom. The van der Waals surface area contributed by atoms with E-state index >= 15 is 0 Å². The van der Waals surface area contributed by atoms with E-state index in [-0.39, 0.29) is 12.1 Å². The quantitative estimate of drug-likeness (QED) is 0.617. The fraction of sp³-hybridized carbons (Fsp3) is 0.273. The van der Waals surface area contributed by atoms with E-state index in [1.807, 2.05) is 5.32 Å². The molecule has 8 heteroatoms. The first-order chi connectivity index (χ1) is 8.93. The van der Waals surface area contributed by atoms with Crippen LogP contribution >= 0.6 is 0 Å². The van der Waals surface area contributed by atoms with Gasteiger partial charge in [0, 0.05) is 12.1 Å². The molecule has 0 fully saturated rings. The largest absolute Gasteiger partial charge is 0.480 e. The van der Waals surface area contributed by atoms with Crippen molar-refractivity contribution in [3.63, 3.8) is 0 Å². The maximum atomic E-state index is 13.2. The lowest BCUT2D eigenvalue weighted by Gasteiger charge is -2.12. The van der Waals surface area contributed by atoms with E-state index in [0.29, 0.717) is 0 Å². The Hall–Kier alpha value is -2.22. The fourth-order valence-corrected chi connectivity index (χ4v) is 1.25. The molecule has 0 saturated carbocycles. The molecule has 1 aromatic rings. The number of aliphatic carboxylic acids is 1. The zero-order chi connectivity index (χ0) is 14.4. The van der Waals surface area contributed by atoms with Crippen molar-refractivity contribution in [2.24, 2.45) is 0 Å². The first kappa shape index (κ1) is 14.8. The van der Waals surface area contributed by atoms with Crippen molar-refractivity contribution in [2.75, 3.05) is 6.61 Å². The van der Waals surface area contributed by atoms with Gasteiger partial charge in [0.15, 0.2) is 6.04 Å². The van der Waals surface area contributed by atoms with Crippen LogP contribution in [0.2, 0.25) is 0 Å². The number of rotatable bonds is 5. The van der Waals surface area contributed by atoms with Gasteiger partial charge in [0.1, 0.15) is 11.6 Å². The number of benzene rings is 1. The van der Waals surface area contributed by atoms with E-state index in [2.05, 4.69) is 5.32 Å².